The van der Waals surface area contributed by atoms with Crippen molar-refractivity contribution in [3.63, 3.8) is 0 Å². The fourth-order valence-corrected chi connectivity index (χ4v) is 4.74. The van der Waals surface area contributed by atoms with Crippen molar-refractivity contribution in [2.45, 2.75) is 32.4 Å². The third-order valence-corrected chi connectivity index (χ3v) is 6.78. The lowest BCUT2D eigenvalue weighted by Gasteiger charge is -2.31. The van der Waals surface area contributed by atoms with Gasteiger partial charge in [-0.2, -0.15) is 0 Å². The van der Waals surface area contributed by atoms with Gasteiger partial charge in [-0.25, -0.2) is 4.98 Å². The van der Waals surface area contributed by atoms with Crippen LogP contribution < -0.4 is 5.32 Å². The molecule has 3 N–H and O–H groups in total. The van der Waals surface area contributed by atoms with Crippen LogP contribution in [0.1, 0.15) is 24.5 Å². The average molecular weight is 473 g/mol. The number of hydrogen-bond donors (Lipinski definition) is 3. The fourth-order valence-electron chi connectivity index (χ4n) is 4.53. The Morgan fingerprint density at radius 3 is 2.79 bits per heavy atom. The molecule has 2 heterocycles. The van der Waals surface area contributed by atoms with E-state index in [1.165, 1.54) is 11.1 Å². The Kier molecular flexibility index (Phi) is 6.68. The molecule has 6 heteroatoms. The molecule has 174 valence electrons. The van der Waals surface area contributed by atoms with E-state index in [4.69, 9.17) is 11.6 Å². The first kappa shape index (κ1) is 22.7. The lowest BCUT2D eigenvalue weighted by Crippen LogP contribution is -2.36. The van der Waals surface area contributed by atoms with Crippen LogP contribution in [0.15, 0.2) is 72.9 Å². The Labute approximate surface area is 205 Å². The van der Waals surface area contributed by atoms with Crippen molar-refractivity contribution in [3.05, 3.63) is 89.1 Å². The van der Waals surface area contributed by atoms with Crippen LogP contribution in [-0.4, -0.2) is 39.2 Å². The number of halogens is 1. The third kappa shape index (κ3) is 4.87. The zero-order valence-electron chi connectivity index (χ0n) is 19.3. The topological polar surface area (TPSA) is 64.2 Å². The lowest BCUT2D eigenvalue weighted by molar-refractivity contribution is 0.102. The molecule has 34 heavy (non-hydrogen) atoms. The highest BCUT2D eigenvalue weighted by Crippen LogP contribution is 2.33. The Bertz CT molecular complexity index is 1270. The number of anilines is 2. The van der Waals surface area contributed by atoms with E-state index < -0.39 is 0 Å². The van der Waals surface area contributed by atoms with Crippen LogP contribution in [0.25, 0.3) is 22.6 Å². The van der Waals surface area contributed by atoms with Gasteiger partial charge in [0, 0.05) is 36.6 Å². The zero-order chi connectivity index (χ0) is 23.5. The molecule has 5 nitrogen and oxygen atoms in total. The normalized spacial score (nSPS) is 14.6. The molecular formula is C28H29ClN4O. The number of aromatic nitrogens is 2. The third-order valence-electron chi connectivity index (χ3n) is 6.45. The number of H-pyrrole nitrogens is 1. The van der Waals surface area contributed by atoms with Crippen molar-refractivity contribution in [1.82, 2.24) is 14.9 Å². The number of fused-ring (bicyclic) bond motifs is 1. The Hall–Kier alpha value is -3.12. The van der Waals surface area contributed by atoms with Gasteiger partial charge >= 0.3 is 0 Å². The summed E-state index contributed by atoms with van der Waals surface area (Å²) in [5.74, 6) is 0.743. The van der Waals surface area contributed by atoms with E-state index in [0.29, 0.717) is 5.02 Å². The summed E-state index contributed by atoms with van der Waals surface area (Å²) in [6.07, 6.45) is 3.32. The zero-order valence-corrected chi connectivity index (χ0v) is 20.0. The molecule has 0 radical (unpaired) electrons. The molecular weight excluding hydrogens is 444 g/mol. The maximum Gasteiger partial charge on any atom is 0.139 e. The number of aromatic amines is 1. The van der Waals surface area contributed by atoms with Crippen molar-refractivity contribution < 1.29 is 5.11 Å². The van der Waals surface area contributed by atoms with Crippen LogP contribution in [0, 0.1) is 0 Å². The number of hydrogen-bond acceptors (Lipinski definition) is 4. The monoisotopic (exact) mass is 472 g/mol. The molecule has 0 saturated heterocycles. The minimum absolute atomic E-state index is 0.264. The molecule has 4 aromatic rings. The van der Waals surface area contributed by atoms with Crippen molar-refractivity contribution in [2.24, 2.45) is 0 Å². The largest absolute Gasteiger partial charge is 0.392 e. The summed E-state index contributed by atoms with van der Waals surface area (Å²) in [6.45, 7) is 4.56. The van der Waals surface area contributed by atoms with E-state index in [9.17, 15) is 5.11 Å². The number of aliphatic hydroxyl groups excluding tert-OH is 1. The maximum absolute atomic E-state index is 10.0. The first-order valence-corrected chi connectivity index (χ1v) is 12.2. The summed E-state index contributed by atoms with van der Waals surface area (Å²) in [5.41, 5.74) is 7.64. The highest BCUT2D eigenvalue weighted by atomic mass is 35.5. The standard InChI is InChI=1S/C28H29ClN4O/c1-2-22(34)18-33-14-13-23-20(17-33)9-6-10-26(23)31-21-11-12-25(29)24(15-21)28-30-16-27(32-28)19-7-4-3-5-8-19/h3-12,15-16,22,31,34H,2,13-14,17-18H2,1H3,(H,30,32). The van der Waals surface area contributed by atoms with Gasteiger partial charge in [0.1, 0.15) is 5.82 Å². The predicted molar refractivity (Wildman–Crippen MR) is 139 cm³/mol. The predicted octanol–water partition coefficient (Wildman–Crippen LogP) is 6.27. The van der Waals surface area contributed by atoms with Crippen molar-refractivity contribution in [2.75, 3.05) is 18.4 Å². The molecule has 0 fully saturated rings. The van der Waals surface area contributed by atoms with Crippen LogP contribution in [0.5, 0.6) is 0 Å². The average Bonchev–Trinajstić information content (AvgIpc) is 3.36. The molecule has 0 saturated carbocycles. The summed E-state index contributed by atoms with van der Waals surface area (Å²) in [4.78, 5) is 10.3. The molecule has 3 aromatic carbocycles. The Balaban J connectivity index is 1.38. The van der Waals surface area contributed by atoms with E-state index in [2.05, 4.69) is 50.5 Å². The highest BCUT2D eigenvalue weighted by Gasteiger charge is 2.20. The molecule has 1 aromatic heterocycles. The van der Waals surface area contributed by atoms with E-state index in [1.54, 1.807) is 0 Å². The summed E-state index contributed by atoms with van der Waals surface area (Å²) in [7, 11) is 0. The van der Waals surface area contributed by atoms with Gasteiger partial charge < -0.3 is 15.4 Å². The highest BCUT2D eigenvalue weighted by molar-refractivity contribution is 6.33. The summed E-state index contributed by atoms with van der Waals surface area (Å²) in [5, 5.41) is 14.3. The molecule has 1 atom stereocenters. The Morgan fingerprint density at radius 1 is 1.12 bits per heavy atom. The number of nitrogens with zero attached hydrogens (tertiary/aromatic N) is 2. The molecule has 0 amide bonds. The van der Waals surface area contributed by atoms with E-state index in [1.807, 2.05) is 49.5 Å². The fraction of sp³-hybridized carbons (Fsp3) is 0.250. The molecule has 0 spiro atoms. The number of rotatable bonds is 7. The summed E-state index contributed by atoms with van der Waals surface area (Å²) >= 11 is 6.56. The van der Waals surface area contributed by atoms with E-state index >= 15 is 0 Å². The molecule has 1 aliphatic rings. The van der Waals surface area contributed by atoms with Gasteiger partial charge in [0.05, 0.1) is 23.0 Å². The minimum atomic E-state index is -0.264. The van der Waals surface area contributed by atoms with Crippen LogP contribution in [0.2, 0.25) is 5.02 Å². The number of imidazole rings is 1. The van der Waals surface area contributed by atoms with Gasteiger partial charge in [-0.15, -0.1) is 0 Å². The molecule has 5 rings (SSSR count). The van der Waals surface area contributed by atoms with Crippen LogP contribution in [0.4, 0.5) is 11.4 Å². The van der Waals surface area contributed by atoms with E-state index in [-0.39, 0.29) is 6.10 Å². The molecule has 1 aliphatic heterocycles. The molecule has 1 unspecified atom stereocenters. The number of aliphatic hydroxyl groups is 1. The van der Waals surface area contributed by atoms with Crippen LogP contribution in [0.3, 0.4) is 0 Å². The SMILES string of the molecule is CCC(O)CN1CCc2c(cccc2Nc2ccc(Cl)c(-c3ncc(-c4ccccc4)[nH]3)c2)C1. The smallest absolute Gasteiger partial charge is 0.139 e. The van der Waals surface area contributed by atoms with Gasteiger partial charge in [0.2, 0.25) is 0 Å². The van der Waals surface area contributed by atoms with Crippen molar-refractivity contribution >= 4 is 23.0 Å². The number of benzene rings is 3. The summed E-state index contributed by atoms with van der Waals surface area (Å²) in [6, 6.07) is 22.5. The number of nitrogens with one attached hydrogen (secondary N) is 2. The van der Waals surface area contributed by atoms with Crippen LogP contribution >= 0.6 is 11.6 Å². The maximum atomic E-state index is 10.0. The minimum Gasteiger partial charge on any atom is -0.392 e. The molecule has 0 bridgehead atoms. The Morgan fingerprint density at radius 2 is 1.97 bits per heavy atom. The first-order valence-electron chi connectivity index (χ1n) is 11.8. The quantitative estimate of drug-likeness (QED) is 0.296. The van der Waals surface area contributed by atoms with Gasteiger partial charge in [0.25, 0.3) is 0 Å². The second-order valence-electron chi connectivity index (χ2n) is 8.82. The summed E-state index contributed by atoms with van der Waals surface area (Å²) < 4.78 is 0. The van der Waals surface area contributed by atoms with Gasteiger partial charge in [0.15, 0.2) is 0 Å². The van der Waals surface area contributed by atoms with Crippen molar-refractivity contribution in [3.8, 4) is 22.6 Å². The number of β-amino-alcohol motifs (C(OH)–C–C–N with tert-alkyl or cyclic N) is 1. The van der Waals surface area contributed by atoms with Gasteiger partial charge in [-0.05, 0) is 53.8 Å². The first-order chi connectivity index (χ1) is 16.6. The van der Waals surface area contributed by atoms with Crippen LogP contribution in [-0.2, 0) is 13.0 Å². The van der Waals surface area contributed by atoms with Crippen molar-refractivity contribution in [1.29, 1.82) is 0 Å². The van der Waals surface area contributed by atoms with Gasteiger partial charge in [-0.1, -0.05) is 61.0 Å². The second-order valence-corrected chi connectivity index (χ2v) is 9.23. The lowest BCUT2D eigenvalue weighted by atomic mass is 9.97. The van der Waals surface area contributed by atoms with Gasteiger partial charge in [-0.3, -0.25) is 4.90 Å². The van der Waals surface area contributed by atoms with E-state index in [0.717, 1.165) is 66.5 Å². The molecule has 0 aliphatic carbocycles. The second kappa shape index (κ2) is 10.0.